The SMILES string of the molecule is O=C(Nc1ccc(N2CCN(C(=O)COc3ccc(Cl)cc3)CC2)nc1)c1ccccc1Cl. The van der Waals surface area contributed by atoms with Gasteiger partial charge in [-0.2, -0.15) is 0 Å². The number of nitrogens with one attached hydrogen (secondary N) is 1. The molecule has 0 bridgehead atoms. The van der Waals surface area contributed by atoms with Crippen molar-refractivity contribution < 1.29 is 14.3 Å². The molecule has 0 spiro atoms. The van der Waals surface area contributed by atoms with E-state index in [2.05, 4.69) is 15.2 Å². The van der Waals surface area contributed by atoms with Crippen molar-refractivity contribution in [2.75, 3.05) is 43.0 Å². The zero-order chi connectivity index (χ0) is 23.2. The molecule has 33 heavy (non-hydrogen) atoms. The Morgan fingerprint density at radius 2 is 1.67 bits per heavy atom. The van der Waals surface area contributed by atoms with Gasteiger partial charge in [-0.1, -0.05) is 35.3 Å². The van der Waals surface area contributed by atoms with E-state index in [-0.39, 0.29) is 18.4 Å². The van der Waals surface area contributed by atoms with E-state index >= 15 is 0 Å². The van der Waals surface area contributed by atoms with Gasteiger partial charge in [0, 0.05) is 31.2 Å². The highest BCUT2D eigenvalue weighted by atomic mass is 35.5. The largest absolute Gasteiger partial charge is 0.484 e. The molecular weight excluding hydrogens is 463 g/mol. The zero-order valence-electron chi connectivity index (χ0n) is 17.7. The van der Waals surface area contributed by atoms with Crippen LogP contribution in [0.15, 0.2) is 66.9 Å². The Balaban J connectivity index is 1.26. The van der Waals surface area contributed by atoms with Crippen LogP contribution >= 0.6 is 23.2 Å². The second-order valence-electron chi connectivity index (χ2n) is 7.45. The number of piperazine rings is 1. The van der Waals surface area contributed by atoms with Gasteiger partial charge >= 0.3 is 0 Å². The van der Waals surface area contributed by atoms with Crippen LogP contribution in [-0.4, -0.2) is 54.5 Å². The molecule has 0 aliphatic carbocycles. The minimum absolute atomic E-state index is 0.0142. The number of hydrogen-bond donors (Lipinski definition) is 1. The standard InChI is InChI=1S/C24H22Cl2N4O3/c25-17-5-8-19(9-6-17)33-16-23(31)30-13-11-29(12-14-30)22-10-7-18(15-27-22)28-24(32)20-3-1-2-4-21(20)26/h1-10,15H,11-14,16H2,(H,28,32). The Hall–Kier alpha value is -3.29. The molecular formula is C24H22Cl2N4O3. The molecule has 1 aromatic heterocycles. The number of benzene rings is 2. The number of carbonyl (C=O) groups excluding carboxylic acids is 2. The van der Waals surface area contributed by atoms with Crippen molar-refractivity contribution in [1.29, 1.82) is 0 Å². The van der Waals surface area contributed by atoms with Crippen molar-refractivity contribution in [3.63, 3.8) is 0 Å². The Morgan fingerprint density at radius 3 is 2.33 bits per heavy atom. The van der Waals surface area contributed by atoms with Gasteiger partial charge in [0.15, 0.2) is 6.61 Å². The molecule has 2 aromatic carbocycles. The zero-order valence-corrected chi connectivity index (χ0v) is 19.2. The monoisotopic (exact) mass is 484 g/mol. The van der Waals surface area contributed by atoms with Gasteiger partial charge in [0.05, 0.1) is 22.5 Å². The molecule has 2 amide bonds. The second kappa shape index (κ2) is 10.6. The summed E-state index contributed by atoms with van der Waals surface area (Å²) in [5.74, 6) is 1.05. The normalized spacial score (nSPS) is 13.5. The molecule has 7 nitrogen and oxygen atoms in total. The lowest BCUT2D eigenvalue weighted by atomic mass is 10.2. The maximum atomic E-state index is 12.5. The summed E-state index contributed by atoms with van der Waals surface area (Å²) in [6.45, 7) is 2.46. The van der Waals surface area contributed by atoms with Crippen LogP contribution in [0.25, 0.3) is 0 Å². The number of pyridine rings is 1. The Morgan fingerprint density at radius 1 is 0.939 bits per heavy atom. The number of amides is 2. The van der Waals surface area contributed by atoms with E-state index in [0.29, 0.717) is 53.2 Å². The average Bonchev–Trinajstić information content (AvgIpc) is 2.84. The highest BCUT2D eigenvalue weighted by Gasteiger charge is 2.22. The molecule has 2 heterocycles. The third-order valence-corrected chi connectivity index (χ3v) is 5.84. The second-order valence-corrected chi connectivity index (χ2v) is 8.29. The lowest BCUT2D eigenvalue weighted by Gasteiger charge is -2.35. The lowest BCUT2D eigenvalue weighted by Crippen LogP contribution is -2.50. The van der Waals surface area contributed by atoms with Crippen LogP contribution in [0.2, 0.25) is 10.0 Å². The van der Waals surface area contributed by atoms with Crippen LogP contribution < -0.4 is 15.0 Å². The highest BCUT2D eigenvalue weighted by Crippen LogP contribution is 2.20. The highest BCUT2D eigenvalue weighted by molar-refractivity contribution is 6.34. The minimum Gasteiger partial charge on any atom is -0.484 e. The predicted molar refractivity (Wildman–Crippen MR) is 129 cm³/mol. The van der Waals surface area contributed by atoms with E-state index in [0.717, 1.165) is 5.82 Å². The van der Waals surface area contributed by atoms with E-state index in [9.17, 15) is 9.59 Å². The fourth-order valence-corrected chi connectivity index (χ4v) is 3.79. The first-order valence-corrected chi connectivity index (χ1v) is 11.2. The third-order valence-electron chi connectivity index (χ3n) is 5.26. The molecule has 0 saturated carbocycles. The Bertz CT molecular complexity index is 1120. The van der Waals surface area contributed by atoms with Crippen LogP contribution in [-0.2, 0) is 4.79 Å². The smallest absolute Gasteiger partial charge is 0.260 e. The number of hydrogen-bond acceptors (Lipinski definition) is 5. The van der Waals surface area contributed by atoms with Crippen LogP contribution in [0.4, 0.5) is 11.5 Å². The van der Waals surface area contributed by atoms with Crippen molar-refractivity contribution in [1.82, 2.24) is 9.88 Å². The van der Waals surface area contributed by atoms with E-state index in [1.54, 1.807) is 65.7 Å². The van der Waals surface area contributed by atoms with Gasteiger partial charge in [-0.05, 0) is 48.5 Å². The van der Waals surface area contributed by atoms with Gasteiger partial charge < -0.3 is 19.9 Å². The number of anilines is 2. The predicted octanol–water partition coefficient (Wildman–Crippen LogP) is 4.37. The Kier molecular flexibility index (Phi) is 7.32. The summed E-state index contributed by atoms with van der Waals surface area (Å²) in [6.07, 6.45) is 1.61. The fourth-order valence-electron chi connectivity index (χ4n) is 3.44. The molecule has 170 valence electrons. The van der Waals surface area contributed by atoms with E-state index in [1.165, 1.54) is 0 Å². The summed E-state index contributed by atoms with van der Waals surface area (Å²) in [4.78, 5) is 33.2. The number of ether oxygens (including phenoxy) is 1. The van der Waals surface area contributed by atoms with Crippen molar-refractivity contribution in [2.45, 2.75) is 0 Å². The van der Waals surface area contributed by atoms with Crippen molar-refractivity contribution >= 4 is 46.5 Å². The summed E-state index contributed by atoms with van der Waals surface area (Å²) in [5, 5.41) is 3.82. The average molecular weight is 485 g/mol. The molecule has 3 aromatic rings. The quantitative estimate of drug-likeness (QED) is 0.562. The third kappa shape index (κ3) is 5.94. The lowest BCUT2D eigenvalue weighted by molar-refractivity contribution is -0.133. The van der Waals surface area contributed by atoms with Gasteiger partial charge in [0.2, 0.25) is 0 Å². The minimum atomic E-state index is -0.289. The number of halogens is 2. The first-order valence-electron chi connectivity index (χ1n) is 10.4. The van der Waals surface area contributed by atoms with Gasteiger partial charge in [-0.15, -0.1) is 0 Å². The molecule has 4 rings (SSSR count). The molecule has 0 unspecified atom stereocenters. The van der Waals surface area contributed by atoms with Gasteiger partial charge in [0.25, 0.3) is 11.8 Å². The number of nitrogens with zero attached hydrogens (tertiary/aromatic N) is 3. The van der Waals surface area contributed by atoms with Gasteiger partial charge in [0.1, 0.15) is 11.6 Å². The first-order chi connectivity index (χ1) is 16.0. The number of aromatic nitrogens is 1. The maximum Gasteiger partial charge on any atom is 0.260 e. The molecule has 1 fully saturated rings. The topological polar surface area (TPSA) is 74.8 Å². The summed E-state index contributed by atoms with van der Waals surface area (Å²) >= 11 is 11.9. The molecule has 1 aliphatic rings. The molecule has 0 radical (unpaired) electrons. The van der Waals surface area contributed by atoms with Crippen molar-refractivity contribution in [3.8, 4) is 5.75 Å². The molecule has 0 atom stereocenters. The van der Waals surface area contributed by atoms with Crippen molar-refractivity contribution in [3.05, 3.63) is 82.5 Å². The summed E-state index contributed by atoms with van der Waals surface area (Å²) < 4.78 is 5.55. The van der Waals surface area contributed by atoms with Gasteiger partial charge in [-0.25, -0.2) is 4.98 Å². The van der Waals surface area contributed by atoms with Crippen LogP contribution in [0.5, 0.6) is 5.75 Å². The first kappa shape index (κ1) is 22.9. The number of rotatable bonds is 6. The van der Waals surface area contributed by atoms with E-state index in [4.69, 9.17) is 27.9 Å². The van der Waals surface area contributed by atoms with E-state index < -0.39 is 0 Å². The fraction of sp³-hybridized carbons (Fsp3) is 0.208. The van der Waals surface area contributed by atoms with Gasteiger partial charge in [-0.3, -0.25) is 9.59 Å². The maximum absolute atomic E-state index is 12.5. The summed E-state index contributed by atoms with van der Waals surface area (Å²) in [6, 6.07) is 17.4. The molecule has 9 heteroatoms. The van der Waals surface area contributed by atoms with Crippen molar-refractivity contribution in [2.24, 2.45) is 0 Å². The van der Waals surface area contributed by atoms with Crippen LogP contribution in [0.1, 0.15) is 10.4 Å². The van der Waals surface area contributed by atoms with Crippen LogP contribution in [0, 0.1) is 0 Å². The summed E-state index contributed by atoms with van der Waals surface area (Å²) in [5.41, 5.74) is 0.987. The molecule has 1 aliphatic heterocycles. The van der Waals surface area contributed by atoms with Crippen LogP contribution in [0.3, 0.4) is 0 Å². The number of carbonyl (C=O) groups is 2. The van der Waals surface area contributed by atoms with E-state index in [1.807, 2.05) is 6.07 Å². The Labute approximate surface area is 201 Å². The molecule has 1 N–H and O–H groups in total. The summed E-state index contributed by atoms with van der Waals surface area (Å²) in [7, 11) is 0. The molecule has 1 saturated heterocycles.